The average Bonchev–Trinajstić information content (AvgIpc) is 1.84. The van der Waals surface area contributed by atoms with Gasteiger partial charge >= 0.3 is 0 Å². The molecule has 0 radical (unpaired) electrons. The summed E-state index contributed by atoms with van der Waals surface area (Å²) >= 11 is 0. The Bertz CT molecular complexity index is 118. The highest BCUT2D eigenvalue weighted by Gasteiger charge is 2.21. The first-order valence-corrected chi connectivity index (χ1v) is 3.25. The van der Waals surface area contributed by atoms with Gasteiger partial charge in [-0.2, -0.15) is 0 Å². The molecule has 1 N–H and O–H groups in total. The van der Waals surface area contributed by atoms with Crippen LogP contribution in [-0.2, 0) is 0 Å². The molecule has 0 aliphatic rings. The van der Waals surface area contributed by atoms with E-state index in [4.69, 9.17) is 5.11 Å². The summed E-state index contributed by atoms with van der Waals surface area (Å²) in [5.41, 5.74) is 0. The van der Waals surface area contributed by atoms with Gasteiger partial charge in [-0.25, -0.2) is 4.39 Å². The third kappa shape index (κ3) is 4.27. The summed E-state index contributed by atoms with van der Waals surface area (Å²) in [6, 6.07) is 0. The van der Waals surface area contributed by atoms with Crippen LogP contribution in [0.4, 0.5) is 4.39 Å². The molecule has 0 aromatic heterocycles. The van der Waals surface area contributed by atoms with Gasteiger partial charge in [0.25, 0.3) is 0 Å². The van der Waals surface area contributed by atoms with Crippen LogP contribution >= 0.6 is 0 Å². The molecular formula is C8H13FO. The molecule has 2 heteroatoms. The number of aliphatic hydroxyl groups is 1. The van der Waals surface area contributed by atoms with E-state index in [9.17, 15) is 4.39 Å². The molecule has 58 valence electrons. The molecule has 1 atom stereocenters. The molecular weight excluding hydrogens is 131 g/mol. The molecule has 1 unspecified atom stereocenters. The quantitative estimate of drug-likeness (QED) is 0.586. The fourth-order valence-corrected chi connectivity index (χ4v) is 0.646. The topological polar surface area (TPSA) is 20.2 Å². The van der Waals surface area contributed by atoms with Crippen molar-refractivity contribution in [2.75, 3.05) is 0 Å². The largest absolute Gasteiger partial charge is 0.361 e. The first-order valence-electron chi connectivity index (χ1n) is 3.25. The second-order valence-electron chi connectivity index (χ2n) is 2.24. The van der Waals surface area contributed by atoms with Gasteiger partial charge in [-0.1, -0.05) is 12.2 Å². The van der Waals surface area contributed by atoms with Gasteiger partial charge in [0.2, 0.25) is 5.85 Å². The van der Waals surface area contributed by atoms with Gasteiger partial charge < -0.3 is 5.11 Å². The molecule has 0 aliphatic heterocycles. The van der Waals surface area contributed by atoms with Gasteiger partial charge in [0.15, 0.2) is 0 Å². The van der Waals surface area contributed by atoms with Crippen molar-refractivity contribution < 1.29 is 9.50 Å². The van der Waals surface area contributed by atoms with E-state index in [1.54, 1.807) is 6.08 Å². The number of allylic oxidation sites excluding steroid dienone is 1. The van der Waals surface area contributed by atoms with Gasteiger partial charge in [0, 0.05) is 12.8 Å². The second-order valence-corrected chi connectivity index (χ2v) is 2.24. The van der Waals surface area contributed by atoms with Gasteiger partial charge in [0.1, 0.15) is 0 Å². The van der Waals surface area contributed by atoms with E-state index >= 15 is 0 Å². The molecule has 10 heavy (non-hydrogen) atoms. The third-order valence-electron chi connectivity index (χ3n) is 1.19. The van der Waals surface area contributed by atoms with Crippen molar-refractivity contribution in [3.8, 4) is 0 Å². The summed E-state index contributed by atoms with van der Waals surface area (Å²) in [5, 5.41) is 8.86. The van der Waals surface area contributed by atoms with E-state index in [-0.39, 0.29) is 12.8 Å². The minimum Gasteiger partial charge on any atom is -0.361 e. The summed E-state index contributed by atoms with van der Waals surface area (Å²) in [6.45, 7) is 6.75. The minimum absolute atomic E-state index is 0.0131. The highest BCUT2D eigenvalue weighted by atomic mass is 19.2. The molecule has 0 heterocycles. The number of alkyl halides is 1. The van der Waals surface area contributed by atoms with Crippen LogP contribution in [0.25, 0.3) is 0 Å². The van der Waals surface area contributed by atoms with Crippen LogP contribution < -0.4 is 0 Å². The lowest BCUT2D eigenvalue weighted by Crippen LogP contribution is -2.20. The third-order valence-corrected chi connectivity index (χ3v) is 1.19. The Morgan fingerprint density at radius 2 is 2.00 bits per heavy atom. The highest BCUT2D eigenvalue weighted by molar-refractivity contribution is 4.80. The molecule has 0 rings (SSSR count). The molecule has 0 saturated carbocycles. The lowest BCUT2D eigenvalue weighted by molar-refractivity contribution is -0.0900. The lowest BCUT2D eigenvalue weighted by Gasteiger charge is -2.14. The van der Waals surface area contributed by atoms with Crippen molar-refractivity contribution in [3.63, 3.8) is 0 Å². The van der Waals surface area contributed by atoms with Crippen molar-refractivity contribution in [3.05, 3.63) is 25.3 Å². The van der Waals surface area contributed by atoms with Crippen LogP contribution in [0.1, 0.15) is 19.3 Å². The van der Waals surface area contributed by atoms with E-state index in [1.165, 1.54) is 6.08 Å². The number of hydrogen-bond donors (Lipinski definition) is 1. The minimum atomic E-state index is -2.09. The summed E-state index contributed by atoms with van der Waals surface area (Å²) < 4.78 is 12.7. The fourth-order valence-electron chi connectivity index (χ4n) is 0.646. The Labute approximate surface area is 60.9 Å². The van der Waals surface area contributed by atoms with Crippen LogP contribution in [0.5, 0.6) is 0 Å². The predicted octanol–water partition coefficient (Wildman–Crippen LogP) is 2.19. The maximum atomic E-state index is 12.7. The Kier molecular flexibility index (Phi) is 3.96. The summed E-state index contributed by atoms with van der Waals surface area (Å²) in [5.74, 6) is -2.09. The summed E-state index contributed by atoms with van der Waals surface area (Å²) in [7, 11) is 0. The van der Waals surface area contributed by atoms with Crippen LogP contribution in [0.3, 0.4) is 0 Å². The average molecular weight is 144 g/mol. The smallest absolute Gasteiger partial charge is 0.210 e. The highest BCUT2D eigenvalue weighted by Crippen LogP contribution is 2.19. The Morgan fingerprint density at radius 1 is 1.40 bits per heavy atom. The number of halogens is 1. The summed E-state index contributed by atoms with van der Waals surface area (Å²) in [6.07, 6.45) is 3.51. The second kappa shape index (κ2) is 4.23. The van der Waals surface area contributed by atoms with Gasteiger partial charge in [-0.05, 0) is 6.42 Å². The molecule has 0 saturated heterocycles. The first kappa shape index (κ1) is 9.37. The SMILES string of the molecule is C=CCCC(O)(F)CC=C. The van der Waals surface area contributed by atoms with E-state index in [0.717, 1.165) is 0 Å². The lowest BCUT2D eigenvalue weighted by atomic mass is 10.1. The number of hydrogen-bond acceptors (Lipinski definition) is 1. The Balaban J connectivity index is 3.61. The van der Waals surface area contributed by atoms with Gasteiger partial charge in [-0.3, -0.25) is 0 Å². The standard InChI is InChI=1S/C8H13FO/c1-3-5-7-8(9,10)6-4-2/h3-4,10H,1-2,5-7H2. The normalized spacial score (nSPS) is 15.8. The van der Waals surface area contributed by atoms with Gasteiger partial charge in [0.05, 0.1) is 0 Å². The molecule has 0 aromatic rings. The van der Waals surface area contributed by atoms with Crippen LogP contribution in [0.15, 0.2) is 25.3 Å². The Hall–Kier alpha value is -0.630. The fraction of sp³-hybridized carbons (Fsp3) is 0.500. The van der Waals surface area contributed by atoms with Crippen molar-refractivity contribution in [2.45, 2.75) is 25.1 Å². The molecule has 0 bridgehead atoms. The first-order chi connectivity index (χ1) is 4.62. The molecule has 0 amide bonds. The molecule has 0 aromatic carbocycles. The van der Waals surface area contributed by atoms with Crippen molar-refractivity contribution >= 4 is 0 Å². The van der Waals surface area contributed by atoms with E-state index in [2.05, 4.69) is 13.2 Å². The van der Waals surface area contributed by atoms with Crippen molar-refractivity contribution in [2.24, 2.45) is 0 Å². The van der Waals surface area contributed by atoms with Crippen LogP contribution in [0.2, 0.25) is 0 Å². The van der Waals surface area contributed by atoms with Crippen LogP contribution in [-0.4, -0.2) is 11.0 Å². The van der Waals surface area contributed by atoms with Crippen molar-refractivity contribution in [1.82, 2.24) is 0 Å². The van der Waals surface area contributed by atoms with E-state index in [0.29, 0.717) is 6.42 Å². The van der Waals surface area contributed by atoms with E-state index < -0.39 is 5.85 Å². The monoisotopic (exact) mass is 144 g/mol. The Morgan fingerprint density at radius 3 is 2.40 bits per heavy atom. The maximum Gasteiger partial charge on any atom is 0.210 e. The molecule has 0 spiro atoms. The maximum absolute atomic E-state index is 12.7. The number of rotatable bonds is 5. The zero-order chi connectivity index (χ0) is 8.04. The van der Waals surface area contributed by atoms with E-state index in [1.807, 2.05) is 0 Å². The summed E-state index contributed by atoms with van der Waals surface area (Å²) in [4.78, 5) is 0. The van der Waals surface area contributed by atoms with Crippen LogP contribution in [0, 0.1) is 0 Å². The zero-order valence-electron chi connectivity index (χ0n) is 6.02. The van der Waals surface area contributed by atoms with Gasteiger partial charge in [-0.15, -0.1) is 13.2 Å². The molecule has 1 nitrogen and oxygen atoms in total. The predicted molar refractivity (Wildman–Crippen MR) is 40.3 cm³/mol. The molecule has 0 fully saturated rings. The van der Waals surface area contributed by atoms with Crippen molar-refractivity contribution in [1.29, 1.82) is 0 Å². The molecule has 0 aliphatic carbocycles. The zero-order valence-corrected chi connectivity index (χ0v) is 6.02.